The van der Waals surface area contributed by atoms with E-state index < -0.39 is 36.2 Å². The van der Waals surface area contributed by atoms with Gasteiger partial charge < -0.3 is 21.1 Å². The number of amides is 3. The lowest BCUT2D eigenvalue weighted by Crippen LogP contribution is -2.46. The molecule has 3 aromatic rings. The van der Waals surface area contributed by atoms with Crippen molar-refractivity contribution < 1.29 is 23.9 Å². The van der Waals surface area contributed by atoms with E-state index in [0.717, 1.165) is 17.0 Å². The molecule has 1 unspecified atom stereocenters. The van der Waals surface area contributed by atoms with Crippen LogP contribution in [0.1, 0.15) is 24.1 Å². The van der Waals surface area contributed by atoms with Crippen molar-refractivity contribution in [2.45, 2.75) is 19.4 Å². The number of aromatic amines is 1. The van der Waals surface area contributed by atoms with E-state index in [2.05, 4.69) is 26.1 Å². The molecular weight excluding hydrogens is 405 g/mol. The van der Waals surface area contributed by atoms with Gasteiger partial charge in [0.25, 0.3) is 5.91 Å². The van der Waals surface area contributed by atoms with Gasteiger partial charge in [-0.25, -0.2) is 9.18 Å². The summed E-state index contributed by atoms with van der Waals surface area (Å²) in [5, 5.41) is 24.6. The number of anilines is 1. The molecule has 2 aromatic carbocycles. The Kier molecular flexibility index (Phi) is 5.12. The number of carboxylic acid groups (broad SMARTS) is 1. The highest BCUT2D eigenvalue weighted by molar-refractivity contribution is 6.07. The van der Waals surface area contributed by atoms with E-state index in [9.17, 15) is 18.8 Å². The van der Waals surface area contributed by atoms with E-state index in [1.807, 2.05) is 0 Å². The minimum absolute atomic E-state index is 0.0411. The Morgan fingerprint density at radius 3 is 2.81 bits per heavy atom. The average Bonchev–Trinajstić information content (AvgIpc) is 3.16. The highest BCUT2D eigenvalue weighted by Crippen LogP contribution is 2.29. The number of hydrogen-bond donors (Lipinski definition) is 5. The minimum atomic E-state index is -1.19. The molecule has 5 N–H and O–H groups in total. The summed E-state index contributed by atoms with van der Waals surface area (Å²) in [5.41, 5.74) is 2.25. The van der Waals surface area contributed by atoms with Crippen LogP contribution >= 0.6 is 0 Å². The van der Waals surface area contributed by atoms with Gasteiger partial charge in [0.1, 0.15) is 5.82 Å². The molecule has 1 aromatic heterocycles. The number of nitrogens with one attached hydrogen (secondary N) is 4. The van der Waals surface area contributed by atoms with Gasteiger partial charge in [0, 0.05) is 16.8 Å². The van der Waals surface area contributed by atoms with Crippen molar-refractivity contribution in [1.82, 2.24) is 20.8 Å². The van der Waals surface area contributed by atoms with Gasteiger partial charge in [-0.05, 0) is 48.4 Å². The summed E-state index contributed by atoms with van der Waals surface area (Å²) in [4.78, 5) is 36.2. The van der Waals surface area contributed by atoms with Crippen molar-refractivity contribution in [3.8, 4) is 0 Å². The molecule has 10 heteroatoms. The number of halogens is 1. The Balaban J connectivity index is 1.68. The Labute approximate surface area is 175 Å². The second-order valence-corrected chi connectivity index (χ2v) is 7.12. The van der Waals surface area contributed by atoms with Gasteiger partial charge in [-0.1, -0.05) is 6.07 Å². The maximum Gasteiger partial charge on any atom is 0.319 e. The van der Waals surface area contributed by atoms with Crippen molar-refractivity contribution in [2.24, 2.45) is 0 Å². The van der Waals surface area contributed by atoms with Gasteiger partial charge in [-0.15, -0.1) is 0 Å². The van der Waals surface area contributed by atoms with E-state index >= 15 is 0 Å². The van der Waals surface area contributed by atoms with Crippen LogP contribution in [0.4, 0.5) is 14.9 Å². The molecule has 0 spiro atoms. The molecule has 31 heavy (non-hydrogen) atoms. The molecule has 0 bridgehead atoms. The molecule has 0 aliphatic carbocycles. The predicted molar refractivity (Wildman–Crippen MR) is 110 cm³/mol. The molecule has 1 atom stereocenters. The summed E-state index contributed by atoms with van der Waals surface area (Å²) < 4.78 is 14.0. The van der Waals surface area contributed by atoms with Crippen LogP contribution in [0.2, 0.25) is 0 Å². The number of aliphatic carboxylic acids is 1. The molecule has 4 rings (SSSR count). The lowest BCUT2D eigenvalue weighted by molar-refractivity contribution is -0.136. The lowest BCUT2D eigenvalue weighted by Gasteiger charge is -2.29. The third kappa shape index (κ3) is 4.08. The fourth-order valence-corrected chi connectivity index (χ4v) is 3.54. The first-order valence-electron chi connectivity index (χ1n) is 9.34. The molecular formula is C21H18FN5O4. The lowest BCUT2D eigenvalue weighted by atomic mass is 9.93. The highest BCUT2D eigenvalue weighted by atomic mass is 19.1. The number of carbonyl (C=O) groups excluding carboxylic acids is 2. The summed E-state index contributed by atoms with van der Waals surface area (Å²) in [7, 11) is 0. The summed E-state index contributed by atoms with van der Waals surface area (Å²) in [5.74, 6) is -2.33. The summed E-state index contributed by atoms with van der Waals surface area (Å²) in [6, 6.07) is 7.70. The van der Waals surface area contributed by atoms with Crippen molar-refractivity contribution in [2.75, 3.05) is 5.32 Å². The topological polar surface area (TPSA) is 136 Å². The largest absolute Gasteiger partial charge is 0.481 e. The summed E-state index contributed by atoms with van der Waals surface area (Å²) in [6.45, 7) is 1.58. The molecule has 9 nitrogen and oxygen atoms in total. The molecule has 0 saturated heterocycles. The summed E-state index contributed by atoms with van der Waals surface area (Å²) in [6.07, 6.45) is 1.11. The fourth-order valence-electron chi connectivity index (χ4n) is 3.54. The van der Waals surface area contributed by atoms with Crippen LogP contribution in [0.25, 0.3) is 10.9 Å². The van der Waals surface area contributed by atoms with Gasteiger partial charge in [-0.3, -0.25) is 14.7 Å². The number of hydrogen-bond acceptors (Lipinski definition) is 4. The van der Waals surface area contributed by atoms with Gasteiger partial charge in [-0.2, -0.15) is 5.10 Å². The van der Waals surface area contributed by atoms with Crippen LogP contribution in [0.15, 0.2) is 53.9 Å². The normalized spacial score (nSPS) is 16.1. The molecule has 2 heterocycles. The van der Waals surface area contributed by atoms with Crippen LogP contribution in [-0.2, 0) is 16.0 Å². The number of carbonyl (C=O) groups is 3. The Bertz CT molecular complexity index is 1250. The van der Waals surface area contributed by atoms with E-state index in [0.29, 0.717) is 16.9 Å². The van der Waals surface area contributed by atoms with Crippen LogP contribution in [0.3, 0.4) is 0 Å². The zero-order valence-electron chi connectivity index (χ0n) is 16.3. The monoisotopic (exact) mass is 423 g/mol. The first-order chi connectivity index (χ1) is 14.8. The average molecular weight is 423 g/mol. The number of nitrogens with zero attached hydrogens (tertiary/aromatic N) is 1. The number of fused-ring (bicyclic) bond motifs is 1. The van der Waals surface area contributed by atoms with E-state index in [1.54, 1.807) is 31.3 Å². The standard InChI is InChI=1S/C21H18FN5O4/c1-10-18(20(30)25-14-3-5-16-13(7-14)9-23-27-16)19(26-21(31)24-10)11-2-4-15(22)12(6-11)8-17(28)29/h2-7,9,19H,8H2,1H3,(H,23,27)(H,25,30)(H,28,29)(H2,24,26,31). The van der Waals surface area contributed by atoms with Crippen LogP contribution < -0.4 is 16.0 Å². The summed E-state index contributed by atoms with van der Waals surface area (Å²) >= 11 is 0. The Morgan fingerprint density at radius 1 is 1.23 bits per heavy atom. The van der Waals surface area contributed by atoms with Gasteiger partial charge in [0.15, 0.2) is 0 Å². The SMILES string of the molecule is CC1=C(C(=O)Nc2ccc3[nH]ncc3c2)C(c2ccc(F)c(CC(=O)O)c2)NC(=O)N1. The van der Waals surface area contributed by atoms with E-state index in [4.69, 9.17) is 5.11 Å². The number of H-pyrrole nitrogens is 1. The van der Waals surface area contributed by atoms with Crippen LogP contribution in [0.5, 0.6) is 0 Å². The second kappa shape index (κ2) is 7.90. The number of benzene rings is 2. The Hall–Kier alpha value is -4.21. The zero-order chi connectivity index (χ0) is 22.1. The smallest absolute Gasteiger partial charge is 0.319 e. The fraction of sp³-hybridized carbons (Fsp3) is 0.143. The van der Waals surface area contributed by atoms with Crippen molar-refractivity contribution in [3.05, 3.63) is 70.8 Å². The zero-order valence-corrected chi connectivity index (χ0v) is 16.3. The van der Waals surface area contributed by atoms with Crippen molar-refractivity contribution >= 4 is 34.5 Å². The Morgan fingerprint density at radius 2 is 2.03 bits per heavy atom. The number of urea groups is 1. The molecule has 0 fully saturated rings. The molecule has 0 saturated carbocycles. The first-order valence-corrected chi connectivity index (χ1v) is 9.34. The maximum absolute atomic E-state index is 14.0. The molecule has 1 aliphatic heterocycles. The van der Waals surface area contributed by atoms with Gasteiger partial charge in [0.05, 0.1) is 29.7 Å². The molecule has 1 aliphatic rings. The second-order valence-electron chi connectivity index (χ2n) is 7.12. The third-order valence-corrected chi connectivity index (χ3v) is 4.96. The first kappa shape index (κ1) is 20.1. The van der Waals surface area contributed by atoms with Crippen LogP contribution in [-0.4, -0.2) is 33.2 Å². The number of aromatic nitrogens is 2. The van der Waals surface area contributed by atoms with Crippen molar-refractivity contribution in [1.29, 1.82) is 0 Å². The quantitative estimate of drug-likeness (QED) is 0.430. The minimum Gasteiger partial charge on any atom is -0.481 e. The highest BCUT2D eigenvalue weighted by Gasteiger charge is 2.31. The van der Waals surface area contributed by atoms with E-state index in [1.165, 1.54) is 12.1 Å². The van der Waals surface area contributed by atoms with Crippen molar-refractivity contribution in [3.63, 3.8) is 0 Å². The van der Waals surface area contributed by atoms with E-state index in [-0.39, 0.29) is 11.1 Å². The predicted octanol–water partition coefficient (Wildman–Crippen LogP) is 2.60. The molecule has 0 radical (unpaired) electrons. The molecule has 158 valence electrons. The van der Waals surface area contributed by atoms with Gasteiger partial charge in [0.2, 0.25) is 0 Å². The number of allylic oxidation sites excluding steroid dienone is 1. The maximum atomic E-state index is 14.0. The molecule has 3 amide bonds. The number of rotatable bonds is 5. The van der Waals surface area contributed by atoms with Crippen LogP contribution in [0, 0.1) is 5.82 Å². The third-order valence-electron chi connectivity index (χ3n) is 4.96. The van der Waals surface area contributed by atoms with Gasteiger partial charge >= 0.3 is 12.0 Å². The number of carboxylic acids is 1.